The summed E-state index contributed by atoms with van der Waals surface area (Å²) in [5.41, 5.74) is 2.91. The van der Waals surface area contributed by atoms with Gasteiger partial charge in [0.25, 0.3) is 0 Å². The highest BCUT2D eigenvalue weighted by molar-refractivity contribution is 5.27. The molecule has 1 saturated carbocycles. The van der Waals surface area contributed by atoms with E-state index in [0.29, 0.717) is 18.4 Å². The number of likely N-dealkylation sites (tertiary alicyclic amines) is 1. The molecule has 0 amide bonds. The Morgan fingerprint density at radius 1 is 1.06 bits per heavy atom. The van der Waals surface area contributed by atoms with E-state index < -0.39 is 0 Å². The molecule has 18 heavy (non-hydrogen) atoms. The Hall–Kier alpha value is -0.860. The average molecular weight is 245 g/mol. The van der Waals surface area contributed by atoms with E-state index >= 15 is 0 Å². The quantitative estimate of drug-likeness (QED) is 0.881. The van der Waals surface area contributed by atoms with Crippen molar-refractivity contribution in [1.29, 1.82) is 0 Å². The van der Waals surface area contributed by atoms with Crippen molar-refractivity contribution in [3.05, 3.63) is 35.4 Å². The largest absolute Gasteiger partial charge is 0.396 e. The minimum Gasteiger partial charge on any atom is -0.396 e. The van der Waals surface area contributed by atoms with Crippen molar-refractivity contribution in [3.63, 3.8) is 0 Å². The molecular weight excluding hydrogens is 222 g/mol. The molecule has 1 aliphatic carbocycles. The lowest BCUT2D eigenvalue weighted by molar-refractivity contribution is 0.142. The molecule has 0 aromatic heterocycles. The highest BCUT2D eigenvalue weighted by Crippen LogP contribution is 2.41. The molecule has 0 radical (unpaired) electrons. The lowest BCUT2D eigenvalue weighted by atomic mass is 9.72. The fourth-order valence-corrected chi connectivity index (χ4v) is 3.25. The van der Waals surface area contributed by atoms with Gasteiger partial charge in [-0.05, 0) is 61.7 Å². The number of hydrogen-bond acceptors (Lipinski definition) is 2. The van der Waals surface area contributed by atoms with Crippen LogP contribution in [0.5, 0.6) is 0 Å². The summed E-state index contributed by atoms with van der Waals surface area (Å²) < 4.78 is 0. The summed E-state index contributed by atoms with van der Waals surface area (Å²) in [5.74, 6) is 1.25. The summed E-state index contributed by atoms with van der Waals surface area (Å²) in [6, 6.07) is 9.17. The molecule has 0 unspecified atom stereocenters. The van der Waals surface area contributed by atoms with Gasteiger partial charge >= 0.3 is 0 Å². The minimum absolute atomic E-state index is 0.365. The number of nitrogens with zero attached hydrogens (tertiary/aromatic N) is 1. The summed E-state index contributed by atoms with van der Waals surface area (Å²) in [6.07, 6.45) is 5.06. The van der Waals surface area contributed by atoms with Crippen LogP contribution in [0.4, 0.5) is 0 Å². The van der Waals surface area contributed by atoms with Gasteiger partial charge in [0.15, 0.2) is 0 Å². The Balaban J connectivity index is 1.56. The Morgan fingerprint density at radius 3 is 2.33 bits per heavy atom. The Morgan fingerprint density at radius 2 is 1.72 bits per heavy atom. The molecule has 1 aromatic rings. The second kappa shape index (κ2) is 5.41. The molecule has 0 bridgehead atoms. The minimum atomic E-state index is 0.365. The van der Waals surface area contributed by atoms with Crippen LogP contribution in [0.25, 0.3) is 0 Å². The summed E-state index contributed by atoms with van der Waals surface area (Å²) in [5, 5.41) is 9.05. The molecule has 1 saturated heterocycles. The number of rotatable bonds is 4. The van der Waals surface area contributed by atoms with Crippen molar-refractivity contribution in [2.24, 2.45) is 5.92 Å². The second-order valence-electron chi connectivity index (χ2n) is 5.94. The molecule has 98 valence electrons. The molecule has 1 aliphatic heterocycles. The van der Waals surface area contributed by atoms with Crippen molar-refractivity contribution < 1.29 is 5.11 Å². The third kappa shape index (κ3) is 2.60. The Bertz CT molecular complexity index is 375. The van der Waals surface area contributed by atoms with E-state index in [1.165, 1.54) is 49.9 Å². The van der Waals surface area contributed by atoms with E-state index in [4.69, 9.17) is 5.11 Å². The molecule has 1 N–H and O–H groups in total. The molecule has 2 nitrogen and oxygen atoms in total. The van der Waals surface area contributed by atoms with Crippen molar-refractivity contribution in [2.75, 3.05) is 19.7 Å². The molecule has 3 rings (SSSR count). The zero-order chi connectivity index (χ0) is 12.4. The van der Waals surface area contributed by atoms with E-state index in [-0.39, 0.29) is 0 Å². The lowest BCUT2D eigenvalue weighted by Gasteiger charge is -2.34. The van der Waals surface area contributed by atoms with Crippen LogP contribution in [-0.2, 0) is 6.54 Å². The van der Waals surface area contributed by atoms with Gasteiger partial charge in [0.2, 0.25) is 0 Å². The van der Waals surface area contributed by atoms with Gasteiger partial charge in [0.1, 0.15) is 0 Å². The SMILES string of the molecule is OC[C@H]1C[C@@H](c2ccc(CN3CCCC3)cc2)C1. The van der Waals surface area contributed by atoms with Gasteiger partial charge < -0.3 is 5.11 Å². The predicted molar refractivity (Wildman–Crippen MR) is 73.5 cm³/mol. The van der Waals surface area contributed by atoms with Crippen molar-refractivity contribution in [1.82, 2.24) is 4.90 Å². The first-order valence-corrected chi connectivity index (χ1v) is 7.27. The Labute approximate surface area is 110 Å². The number of hydrogen-bond donors (Lipinski definition) is 1. The first-order chi connectivity index (χ1) is 8.85. The highest BCUT2D eigenvalue weighted by Gasteiger charge is 2.29. The fourth-order valence-electron chi connectivity index (χ4n) is 3.25. The van der Waals surface area contributed by atoms with Crippen LogP contribution in [-0.4, -0.2) is 29.7 Å². The van der Waals surface area contributed by atoms with Crippen LogP contribution < -0.4 is 0 Å². The third-order valence-corrected chi connectivity index (χ3v) is 4.55. The van der Waals surface area contributed by atoms with Crippen LogP contribution >= 0.6 is 0 Å². The first kappa shape index (κ1) is 12.2. The highest BCUT2D eigenvalue weighted by atomic mass is 16.3. The summed E-state index contributed by atoms with van der Waals surface area (Å²) >= 11 is 0. The maximum Gasteiger partial charge on any atom is 0.0459 e. The van der Waals surface area contributed by atoms with E-state index in [9.17, 15) is 0 Å². The molecule has 2 fully saturated rings. The second-order valence-corrected chi connectivity index (χ2v) is 5.94. The van der Waals surface area contributed by atoms with E-state index in [1.807, 2.05) is 0 Å². The Kier molecular flexibility index (Phi) is 3.67. The van der Waals surface area contributed by atoms with Crippen molar-refractivity contribution in [3.8, 4) is 0 Å². The van der Waals surface area contributed by atoms with Crippen LogP contribution in [0.15, 0.2) is 24.3 Å². The smallest absolute Gasteiger partial charge is 0.0459 e. The summed E-state index contributed by atoms with van der Waals surface area (Å²) in [7, 11) is 0. The molecule has 1 aromatic carbocycles. The third-order valence-electron chi connectivity index (χ3n) is 4.55. The van der Waals surface area contributed by atoms with E-state index in [2.05, 4.69) is 29.2 Å². The van der Waals surface area contributed by atoms with Gasteiger partial charge in [0, 0.05) is 13.2 Å². The van der Waals surface area contributed by atoms with Gasteiger partial charge in [-0.2, -0.15) is 0 Å². The predicted octanol–water partition coefficient (Wildman–Crippen LogP) is 2.77. The maximum absolute atomic E-state index is 9.05. The fraction of sp³-hybridized carbons (Fsp3) is 0.625. The molecular formula is C16H23NO. The van der Waals surface area contributed by atoms with Crippen LogP contribution in [0.3, 0.4) is 0 Å². The van der Waals surface area contributed by atoms with E-state index in [0.717, 1.165) is 6.54 Å². The van der Waals surface area contributed by atoms with Crippen LogP contribution in [0.2, 0.25) is 0 Å². The summed E-state index contributed by atoms with van der Waals surface area (Å²) in [6.45, 7) is 4.01. The molecule has 1 heterocycles. The van der Waals surface area contributed by atoms with E-state index in [1.54, 1.807) is 0 Å². The average Bonchev–Trinajstić information content (AvgIpc) is 2.83. The summed E-state index contributed by atoms with van der Waals surface area (Å²) in [4.78, 5) is 2.54. The van der Waals surface area contributed by atoms with Gasteiger partial charge in [-0.15, -0.1) is 0 Å². The van der Waals surface area contributed by atoms with Gasteiger partial charge in [-0.3, -0.25) is 4.90 Å². The van der Waals surface area contributed by atoms with Gasteiger partial charge in [-0.1, -0.05) is 24.3 Å². The van der Waals surface area contributed by atoms with Crippen molar-refractivity contribution >= 4 is 0 Å². The zero-order valence-corrected chi connectivity index (χ0v) is 11.0. The van der Waals surface area contributed by atoms with Gasteiger partial charge in [0.05, 0.1) is 0 Å². The monoisotopic (exact) mass is 245 g/mol. The zero-order valence-electron chi connectivity index (χ0n) is 11.0. The maximum atomic E-state index is 9.05. The normalized spacial score (nSPS) is 28.3. The molecule has 2 heteroatoms. The standard InChI is InChI=1S/C16H23NO/c18-12-14-9-16(10-14)15-5-3-13(4-6-15)11-17-7-1-2-8-17/h3-6,14,16,18H,1-2,7-12H2/t14-,16+. The molecule has 0 atom stereocenters. The topological polar surface area (TPSA) is 23.5 Å². The lowest BCUT2D eigenvalue weighted by Crippen LogP contribution is -2.24. The number of aliphatic hydroxyl groups excluding tert-OH is 1. The molecule has 0 spiro atoms. The van der Waals surface area contributed by atoms with Gasteiger partial charge in [-0.25, -0.2) is 0 Å². The molecule has 2 aliphatic rings. The first-order valence-electron chi connectivity index (χ1n) is 7.27. The van der Waals surface area contributed by atoms with Crippen LogP contribution in [0.1, 0.15) is 42.7 Å². The number of aliphatic hydroxyl groups is 1. The van der Waals surface area contributed by atoms with Crippen LogP contribution in [0, 0.1) is 5.92 Å². The number of benzene rings is 1. The van der Waals surface area contributed by atoms with Crippen molar-refractivity contribution in [2.45, 2.75) is 38.1 Å².